The van der Waals surface area contributed by atoms with Crippen LogP contribution in [0.2, 0.25) is 0 Å². The molecule has 4 rings (SSSR count). The number of rotatable bonds is 1. The molecule has 22 heavy (non-hydrogen) atoms. The first-order valence-corrected chi connectivity index (χ1v) is 7.61. The molecule has 0 saturated carbocycles. The molecule has 1 aromatic rings. The summed E-state index contributed by atoms with van der Waals surface area (Å²) >= 11 is 0. The van der Waals surface area contributed by atoms with Gasteiger partial charge in [-0.25, -0.2) is 14.5 Å². The van der Waals surface area contributed by atoms with Gasteiger partial charge < -0.3 is 20.3 Å². The van der Waals surface area contributed by atoms with Gasteiger partial charge in [0.2, 0.25) is 5.82 Å². The number of fused-ring (bicyclic) bond motifs is 2. The molecule has 2 N–H and O–H groups in total. The van der Waals surface area contributed by atoms with Crippen LogP contribution in [-0.2, 0) is 17.7 Å². The van der Waals surface area contributed by atoms with E-state index in [-0.39, 0.29) is 23.9 Å². The van der Waals surface area contributed by atoms with Crippen LogP contribution in [-0.4, -0.2) is 70.0 Å². The third-order valence-electron chi connectivity index (χ3n) is 4.37. The fourth-order valence-corrected chi connectivity index (χ4v) is 3.19. The zero-order valence-corrected chi connectivity index (χ0v) is 12.1. The number of carbonyl (C=O) groups is 2. The van der Waals surface area contributed by atoms with Crippen LogP contribution in [0.4, 0.5) is 4.79 Å². The summed E-state index contributed by atoms with van der Waals surface area (Å²) in [6.07, 6.45) is 0.796. The molecule has 2 unspecified atom stereocenters. The standard InChI is InChI=1S/C13H18N6O3/c20-12(11-16-10-1-3-14-4-6-19(10)17-11)18-5-2-8-9(7-18)22-13(21)15-8/h8-9,14H,1-7H2,(H,15,21). The first-order chi connectivity index (χ1) is 10.7. The van der Waals surface area contributed by atoms with E-state index < -0.39 is 6.09 Å². The van der Waals surface area contributed by atoms with Crippen molar-refractivity contribution in [3.05, 3.63) is 11.6 Å². The molecule has 3 aliphatic rings. The average Bonchev–Trinajstić information content (AvgIpc) is 3.01. The number of nitrogens with zero attached hydrogens (tertiary/aromatic N) is 4. The maximum Gasteiger partial charge on any atom is 0.407 e. The number of nitrogens with one attached hydrogen (secondary N) is 2. The summed E-state index contributed by atoms with van der Waals surface area (Å²) in [5.41, 5.74) is 0. The minimum absolute atomic E-state index is 0.00861. The molecule has 0 radical (unpaired) electrons. The van der Waals surface area contributed by atoms with Gasteiger partial charge in [0.15, 0.2) is 0 Å². The highest BCUT2D eigenvalue weighted by Crippen LogP contribution is 2.20. The Morgan fingerprint density at radius 3 is 3.14 bits per heavy atom. The maximum atomic E-state index is 12.6. The Balaban J connectivity index is 1.49. The van der Waals surface area contributed by atoms with Crippen LogP contribution in [0.15, 0.2) is 0 Å². The molecule has 0 spiro atoms. The Kier molecular flexibility index (Phi) is 3.21. The second-order valence-electron chi connectivity index (χ2n) is 5.81. The molecule has 9 heteroatoms. The zero-order chi connectivity index (χ0) is 15.1. The van der Waals surface area contributed by atoms with Crippen molar-refractivity contribution in [3.63, 3.8) is 0 Å². The minimum Gasteiger partial charge on any atom is -0.442 e. The first-order valence-electron chi connectivity index (χ1n) is 7.61. The molecule has 3 aliphatic heterocycles. The van der Waals surface area contributed by atoms with Crippen molar-refractivity contribution < 1.29 is 14.3 Å². The highest BCUT2D eigenvalue weighted by atomic mass is 16.6. The van der Waals surface area contributed by atoms with Crippen LogP contribution in [0.5, 0.6) is 0 Å². The van der Waals surface area contributed by atoms with Crippen molar-refractivity contribution in [1.29, 1.82) is 0 Å². The van der Waals surface area contributed by atoms with Crippen LogP contribution >= 0.6 is 0 Å². The SMILES string of the molecule is O=C1NC2CCN(C(=O)c3nc4n(n3)CCNCC4)CC2O1. The van der Waals surface area contributed by atoms with Crippen molar-refractivity contribution in [1.82, 2.24) is 30.3 Å². The van der Waals surface area contributed by atoms with Crippen LogP contribution < -0.4 is 10.6 Å². The Hall–Kier alpha value is -2.16. The van der Waals surface area contributed by atoms with E-state index in [4.69, 9.17) is 4.74 Å². The number of hydrogen-bond donors (Lipinski definition) is 2. The second-order valence-corrected chi connectivity index (χ2v) is 5.81. The van der Waals surface area contributed by atoms with Crippen LogP contribution in [0.1, 0.15) is 22.9 Å². The van der Waals surface area contributed by atoms with Crippen LogP contribution in [0.3, 0.4) is 0 Å². The Morgan fingerprint density at radius 2 is 2.23 bits per heavy atom. The number of piperidine rings is 1. The van der Waals surface area contributed by atoms with E-state index in [0.29, 0.717) is 19.5 Å². The van der Waals surface area contributed by atoms with E-state index in [0.717, 1.165) is 31.9 Å². The average molecular weight is 306 g/mol. The lowest BCUT2D eigenvalue weighted by molar-refractivity contribution is 0.0472. The van der Waals surface area contributed by atoms with Gasteiger partial charge >= 0.3 is 6.09 Å². The van der Waals surface area contributed by atoms with E-state index in [9.17, 15) is 9.59 Å². The summed E-state index contributed by atoms with van der Waals surface area (Å²) < 4.78 is 6.98. The van der Waals surface area contributed by atoms with Gasteiger partial charge in [-0.15, -0.1) is 5.10 Å². The summed E-state index contributed by atoms with van der Waals surface area (Å²) in [6, 6.07) is 0.00861. The Morgan fingerprint density at radius 1 is 1.32 bits per heavy atom. The molecular formula is C13H18N6O3. The molecule has 0 bridgehead atoms. The number of hydrogen-bond acceptors (Lipinski definition) is 6. The van der Waals surface area contributed by atoms with Gasteiger partial charge in [-0.05, 0) is 6.42 Å². The zero-order valence-electron chi connectivity index (χ0n) is 12.1. The van der Waals surface area contributed by atoms with Gasteiger partial charge in [0.05, 0.1) is 19.1 Å². The number of alkyl carbamates (subject to hydrolysis) is 1. The number of aromatic nitrogens is 3. The van der Waals surface area contributed by atoms with E-state index in [1.165, 1.54) is 0 Å². The predicted molar refractivity (Wildman–Crippen MR) is 74.3 cm³/mol. The molecule has 0 aromatic carbocycles. The molecule has 2 atom stereocenters. The predicted octanol–water partition coefficient (Wildman–Crippen LogP) is -1.25. The summed E-state index contributed by atoms with van der Waals surface area (Å²) in [7, 11) is 0. The van der Waals surface area contributed by atoms with Crippen LogP contribution in [0.25, 0.3) is 0 Å². The van der Waals surface area contributed by atoms with Crippen molar-refractivity contribution in [2.75, 3.05) is 26.2 Å². The number of carbonyl (C=O) groups excluding carboxylic acids is 2. The van der Waals surface area contributed by atoms with Crippen molar-refractivity contribution in [3.8, 4) is 0 Å². The normalized spacial score (nSPS) is 27.5. The fourth-order valence-electron chi connectivity index (χ4n) is 3.19. The van der Waals surface area contributed by atoms with Gasteiger partial charge in [-0.3, -0.25) is 4.79 Å². The quantitative estimate of drug-likeness (QED) is 0.672. The van der Waals surface area contributed by atoms with Crippen molar-refractivity contribution in [2.45, 2.75) is 31.5 Å². The van der Waals surface area contributed by atoms with E-state index in [2.05, 4.69) is 20.7 Å². The molecule has 2 amide bonds. The summed E-state index contributed by atoms with van der Waals surface area (Å²) in [4.78, 5) is 29.9. The van der Waals surface area contributed by atoms with Gasteiger partial charge in [0.25, 0.3) is 5.91 Å². The molecule has 0 aliphatic carbocycles. The summed E-state index contributed by atoms with van der Waals surface area (Å²) in [6.45, 7) is 3.38. The first kappa shape index (κ1) is 13.5. The topological polar surface area (TPSA) is 101 Å². The third-order valence-corrected chi connectivity index (χ3v) is 4.37. The van der Waals surface area contributed by atoms with Crippen LogP contribution in [0, 0.1) is 0 Å². The lowest BCUT2D eigenvalue weighted by Crippen LogP contribution is -2.50. The van der Waals surface area contributed by atoms with Gasteiger partial charge in [0.1, 0.15) is 11.9 Å². The molecular weight excluding hydrogens is 288 g/mol. The van der Waals surface area contributed by atoms with E-state index in [1.54, 1.807) is 9.58 Å². The highest BCUT2D eigenvalue weighted by molar-refractivity contribution is 5.90. The van der Waals surface area contributed by atoms with E-state index in [1.807, 2.05) is 0 Å². The maximum absolute atomic E-state index is 12.6. The number of likely N-dealkylation sites (tertiary alicyclic amines) is 1. The smallest absolute Gasteiger partial charge is 0.407 e. The lowest BCUT2D eigenvalue weighted by Gasteiger charge is -2.32. The minimum atomic E-state index is -0.399. The summed E-state index contributed by atoms with van der Waals surface area (Å²) in [5.74, 6) is 0.903. The third kappa shape index (κ3) is 2.31. The van der Waals surface area contributed by atoms with Gasteiger partial charge in [0, 0.05) is 26.1 Å². The Labute approximate surface area is 127 Å². The van der Waals surface area contributed by atoms with E-state index >= 15 is 0 Å². The molecule has 2 fully saturated rings. The Bertz CT molecular complexity index is 591. The molecule has 1 aromatic heterocycles. The van der Waals surface area contributed by atoms with Crippen molar-refractivity contribution in [2.24, 2.45) is 0 Å². The molecule has 118 valence electrons. The largest absolute Gasteiger partial charge is 0.442 e. The number of amides is 2. The second kappa shape index (κ2) is 5.24. The van der Waals surface area contributed by atoms with Crippen molar-refractivity contribution >= 4 is 12.0 Å². The molecule has 9 nitrogen and oxygen atoms in total. The fraction of sp³-hybridized carbons (Fsp3) is 0.692. The number of ether oxygens (including phenoxy) is 1. The van der Waals surface area contributed by atoms with Gasteiger partial charge in [-0.1, -0.05) is 0 Å². The monoisotopic (exact) mass is 306 g/mol. The molecule has 2 saturated heterocycles. The lowest BCUT2D eigenvalue weighted by atomic mass is 10.0. The summed E-state index contributed by atoms with van der Waals surface area (Å²) in [5, 5.41) is 10.4. The highest BCUT2D eigenvalue weighted by Gasteiger charge is 2.40. The molecule has 4 heterocycles. The van der Waals surface area contributed by atoms with Gasteiger partial charge in [-0.2, -0.15) is 0 Å².